The van der Waals surface area contributed by atoms with E-state index in [4.69, 9.17) is 4.74 Å². The van der Waals surface area contributed by atoms with E-state index in [1.165, 1.54) is 22.8 Å². The predicted octanol–water partition coefficient (Wildman–Crippen LogP) is 4.48. The molecule has 4 aromatic rings. The lowest BCUT2D eigenvalue weighted by atomic mass is 10.0. The van der Waals surface area contributed by atoms with E-state index in [0.29, 0.717) is 17.7 Å². The second kappa shape index (κ2) is 15.2. The van der Waals surface area contributed by atoms with Crippen molar-refractivity contribution in [3.63, 3.8) is 0 Å². The van der Waals surface area contributed by atoms with Crippen LogP contribution < -0.4 is 37.6 Å². The van der Waals surface area contributed by atoms with Gasteiger partial charge in [-0.05, 0) is 68.3 Å². The maximum absolute atomic E-state index is 12.1. The fourth-order valence-electron chi connectivity index (χ4n) is 5.49. The zero-order chi connectivity index (χ0) is 27.7. The molecule has 0 heterocycles. The summed E-state index contributed by atoms with van der Waals surface area (Å²) in [6.07, 6.45) is 5.27. The Labute approximate surface area is 250 Å². The molecule has 0 aliphatic rings. The summed E-state index contributed by atoms with van der Waals surface area (Å²) in [5.41, 5.74) is 1.10. The monoisotopic (exact) mass is 618 g/mol. The Hall–Kier alpha value is -2.94. The van der Waals surface area contributed by atoms with Crippen LogP contribution in [0.1, 0.15) is 62.4 Å². The highest BCUT2D eigenvalue weighted by Crippen LogP contribution is 2.56. The van der Waals surface area contributed by atoms with Crippen molar-refractivity contribution in [1.82, 2.24) is 0 Å². The quantitative estimate of drug-likeness (QED) is 0.177. The van der Waals surface area contributed by atoms with Gasteiger partial charge in [0.2, 0.25) is 0 Å². The number of ether oxygens (including phenoxy) is 1. The fourth-order valence-corrected chi connectivity index (χ4v) is 9.87. The van der Waals surface area contributed by atoms with Crippen LogP contribution in [-0.2, 0) is 6.42 Å². The summed E-state index contributed by atoms with van der Waals surface area (Å²) in [7, 11) is -1.96. The maximum Gasteiger partial charge on any atom is 0.163 e. The molecule has 4 aromatic carbocycles. The highest BCUT2D eigenvalue weighted by Gasteiger charge is 2.45. The number of aromatic hydroxyl groups is 1. The van der Waals surface area contributed by atoms with Gasteiger partial charge in [0.05, 0.1) is 11.7 Å². The van der Waals surface area contributed by atoms with Crippen LogP contribution in [0.3, 0.4) is 0 Å². The first-order valence-corrected chi connectivity index (χ1v) is 16.1. The van der Waals surface area contributed by atoms with Crippen LogP contribution >= 0.6 is 7.26 Å². The molecule has 0 fully saturated rings. The lowest BCUT2D eigenvalue weighted by Gasteiger charge is -2.30. The molecule has 1 atom stereocenters. The van der Waals surface area contributed by atoms with Crippen molar-refractivity contribution in [2.75, 3.05) is 6.16 Å². The van der Waals surface area contributed by atoms with Gasteiger partial charge in [0.15, 0.2) is 5.78 Å². The number of ketones is 1. The smallest absolute Gasteiger partial charge is 0.163 e. The Bertz CT molecular complexity index is 1250. The molecule has 1 N–H and O–H groups in total. The van der Waals surface area contributed by atoms with Crippen LogP contribution in [0.4, 0.5) is 0 Å². The van der Waals surface area contributed by atoms with Crippen LogP contribution in [0, 0.1) is 0 Å². The summed E-state index contributed by atoms with van der Waals surface area (Å²) in [5.74, 6) is 0.627. The standard InChI is InChI=1S/C35H39O3P.BrH/c1-4-15-28(38-34-24-23-32(27(3)36)35(37)33(34)16-5-2)25-26-39(29-17-9-6-10-18-29,30-19-11-7-12-20-30)31-21-13-8-14-22-31;/h6-14,17-24,28H,4-5,15-16,25-26H2,1-3H3;1H. The van der Waals surface area contributed by atoms with E-state index in [2.05, 4.69) is 105 Å². The first kappa shape index (κ1) is 31.6. The number of carbonyl (C=O) groups is 1. The maximum atomic E-state index is 12.1. The van der Waals surface area contributed by atoms with E-state index < -0.39 is 7.26 Å². The van der Waals surface area contributed by atoms with Crippen molar-refractivity contribution in [2.45, 2.75) is 59.0 Å². The molecule has 0 aliphatic carbocycles. The van der Waals surface area contributed by atoms with Gasteiger partial charge in [-0.15, -0.1) is 0 Å². The highest BCUT2D eigenvalue weighted by molar-refractivity contribution is 7.95. The minimum atomic E-state index is -1.96. The Balaban J connectivity index is 0.00000441. The van der Waals surface area contributed by atoms with Crippen molar-refractivity contribution in [3.8, 4) is 11.5 Å². The third-order valence-corrected chi connectivity index (χ3v) is 11.9. The SMILES string of the molecule is CCCc1c(OC(CCC)CC[P+](c2ccccc2)(c2ccccc2)c2ccccc2)ccc(C(C)=O)c1O.[Br-]. The number of rotatable bonds is 13. The summed E-state index contributed by atoms with van der Waals surface area (Å²) in [6.45, 7) is 5.75. The van der Waals surface area contributed by atoms with Crippen LogP contribution in [-0.4, -0.2) is 23.2 Å². The summed E-state index contributed by atoms with van der Waals surface area (Å²) in [5, 5.41) is 15.0. The first-order valence-electron chi connectivity index (χ1n) is 14.1. The first-order chi connectivity index (χ1) is 19.0. The molecule has 3 nitrogen and oxygen atoms in total. The van der Waals surface area contributed by atoms with Gasteiger partial charge in [0, 0.05) is 12.0 Å². The normalized spacial score (nSPS) is 11.9. The molecule has 0 aromatic heterocycles. The molecule has 210 valence electrons. The number of carbonyl (C=O) groups excluding carboxylic acids is 1. The molecule has 0 spiro atoms. The van der Waals surface area contributed by atoms with Crippen molar-refractivity contribution in [3.05, 3.63) is 114 Å². The number of hydrogen-bond acceptors (Lipinski definition) is 3. The van der Waals surface area contributed by atoms with Crippen LogP contribution in [0.2, 0.25) is 0 Å². The van der Waals surface area contributed by atoms with E-state index in [1.807, 2.05) is 6.07 Å². The third kappa shape index (κ3) is 7.03. The number of Topliss-reactive ketones (excluding diaryl/α,β-unsaturated/α-hetero) is 1. The topological polar surface area (TPSA) is 46.5 Å². The average molecular weight is 620 g/mol. The third-order valence-electron chi connectivity index (χ3n) is 7.40. The van der Waals surface area contributed by atoms with E-state index in [9.17, 15) is 9.90 Å². The highest BCUT2D eigenvalue weighted by atomic mass is 79.9. The van der Waals surface area contributed by atoms with E-state index >= 15 is 0 Å². The molecule has 40 heavy (non-hydrogen) atoms. The van der Waals surface area contributed by atoms with Gasteiger partial charge in [0.1, 0.15) is 40.8 Å². The number of halogens is 1. The Morgan fingerprint density at radius 2 is 1.25 bits per heavy atom. The van der Waals surface area contributed by atoms with Crippen LogP contribution in [0.5, 0.6) is 11.5 Å². The number of phenols is 1. The molecule has 1 unspecified atom stereocenters. The summed E-state index contributed by atoms with van der Waals surface area (Å²) < 4.78 is 6.70. The Morgan fingerprint density at radius 3 is 1.68 bits per heavy atom. The van der Waals surface area contributed by atoms with E-state index in [-0.39, 0.29) is 34.6 Å². The molecular weight excluding hydrogens is 579 g/mol. The summed E-state index contributed by atoms with van der Waals surface area (Å²) >= 11 is 0. The second-order valence-corrected chi connectivity index (χ2v) is 13.7. The molecule has 0 saturated carbocycles. The van der Waals surface area contributed by atoms with E-state index in [0.717, 1.165) is 37.4 Å². The minimum absolute atomic E-state index is 0. The average Bonchev–Trinajstić information content (AvgIpc) is 2.97. The number of hydrogen-bond donors (Lipinski definition) is 1. The lowest BCUT2D eigenvalue weighted by molar-refractivity contribution is -0.0000182. The molecule has 0 radical (unpaired) electrons. The predicted molar refractivity (Wildman–Crippen MR) is 166 cm³/mol. The summed E-state index contributed by atoms with van der Waals surface area (Å²) in [6, 6.07) is 36.4. The van der Waals surface area contributed by atoms with Gasteiger partial charge in [-0.1, -0.05) is 81.3 Å². The zero-order valence-electron chi connectivity index (χ0n) is 23.7. The minimum Gasteiger partial charge on any atom is -1.00 e. The van der Waals surface area contributed by atoms with Gasteiger partial charge in [-0.3, -0.25) is 4.79 Å². The summed E-state index contributed by atoms with van der Waals surface area (Å²) in [4.78, 5) is 12.1. The molecular formula is C35H40BrO3P. The number of benzene rings is 4. The van der Waals surface area contributed by atoms with Gasteiger partial charge in [-0.2, -0.15) is 0 Å². The molecule has 0 aliphatic heterocycles. The molecule has 0 bridgehead atoms. The molecule has 4 rings (SSSR count). The largest absolute Gasteiger partial charge is 1.00 e. The fraction of sp³-hybridized carbons (Fsp3) is 0.286. The molecule has 5 heteroatoms. The number of phenolic OH excluding ortho intramolecular Hbond substituents is 1. The van der Waals surface area contributed by atoms with Gasteiger partial charge in [-0.25, -0.2) is 0 Å². The molecule has 0 amide bonds. The van der Waals surface area contributed by atoms with Crippen molar-refractivity contribution < 1.29 is 31.6 Å². The van der Waals surface area contributed by atoms with Gasteiger partial charge < -0.3 is 26.8 Å². The van der Waals surface area contributed by atoms with Crippen molar-refractivity contribution in [1.29, 1.82) is 0 Å². The van der Waals surface area contributed by atoms with Gasteiger partial charge in [0.25, 0.3) is 0 Å². The Kier molecular flexibility index (Phi) is 12.0. The second-order valence-electron chi connectivity index (χ2n) is 10.1. The molecule has 0 saturated heterocycles. The van der Waals surface area contributed by atoms with Gasteiger partial charge >= 0.3 is 0 Å². The Morgan fingerprint density at radius 1 is 0.750 bits per heavy atom. The van der Waals surface area contributed by atoms with E-state index in [1.54, 1.807) is 6.07 Å². The van der Waals surface area contributed by atoms with Crippen LogP contribution in [0.15, 0.2) is 103 Å². The van der Waals surface area contributed by atoms with Crippen LogP contribution in [0.25, 0.3) is 0 Å². The van der Waals surface area contributed by atoms with Crippen molar-refractivity contribution >= 4 is 29.0 Å². The van der Waals surface area contributed by atoms with Crippen molar-refractivity contribution in [2.24, 2.45) is 0 Å². The zero-order valence-corrected chi connectivity index (χ0v) is 26.2. The lowest BCUT2D eigenvalue weighted by Crippen LogP contribution is -3.00.